The van der Waals surface area contributed by atoms with Crippen LogP contribution in [0, 0.1) is 5.82 Å². The summed E-state index contributed by atoms with van der Waals surface area (Å²) < 4.78 is 20.6. The number of rotatable bonds is 4. The van der Waals surface area contributed by atoms with Gasteiger partial charge in [0.2, 0.25) is 5.91 Å². The van der Waals surface area contributed by atoms with Gasteiger partial charge in [0.15, 0.2) is 0 Å². The van der Waals surface area contributed by atoms with Crippen molar-refractivity contribution in [1.82, 2.24) is 10.3 Å². The van der Waals surface area contributed by atoms with E-state index in [-0.39, 0.29) is 24.3 Å². The van der Waals surface area contributed by atoms with Gasteiger partial charge in [0.1, 0.15) is 11.9 Å². The number of ether oxygens (including phenoxy) is 1. The van der Waals surface area contributed by atoms with Gasteiger partial charge in [-0.25, -0.2) is 9.18 Å². The van der Waals surface area contributed by atoms with Gasteiger partial charge in [0, 0.05) is 41.9 Å². The van der Waals surface area contributed by atoms with Crippen molar-refractivity contribution in [3.8, 4) is 11.1 Å². The fraction of sp³-hybridized carbons (Fsp3) is 0.350. The van der Waals surface area contributed by atoms with Crippen molar-refractivity contribution in [2.45, 2.75) is 38.8 Å². The van der Waals surface area contributed by atoms with Crippen LogP contribution in [0.5, 0.6) is 0 Å². The maximum atomic E-state index is 15.2. The first-order valence-electron chi connectivity index (χ1n) is 9.00. The molecule has 1 fully saturated rings. The number of cyclic esters (lactones) is 1. The SMILES string of the molecule is CCc1ccc(-c2ccc3c(c2F)CC2[C@H](CNC(C)=O)OC(=O)N32)cn1. The summed E-state index contributed by atoms with van der Waals surface area (Å²) >= 11 is 0. The quantitative estimate of drug-likeness (QED) is 0.900. The van der Waals surface area contributed by atoms with Crippen LogP contribution in [0.25, 0.3) is 11.1 Å². The van der Waals surface area contributed by atoms with Gasteiger partial charge >= 0.3 is 6.09 Å². The van der Waals surface area contributed by atoms with Gasteiger partial charge in [0.05, 0.1) is 18.3 Å². The van der Waals surface area contributed by atoms with E-state index in [1.54, 1.807) is 18.3 Å². The normalized spacial score (nSPS) is 20.3. The van der Waals surface area contributed by atoms with Crippen molar-refractivity contribution in [2.75, 3.05) is 11.4 Å². The number of hydrogen-bond acceptors (Lipinski definition) is 4. The van der Waals surface area contributed by atoms with E-state index in [0.29, 0.717) is 28.8 Å². The lowest BCUT2D eigenvalue weighted by atomic mass is 9.99. The van der Waals surface area contributed by atoms with Crippen LogP contribution in [-0.4, -0.2) is 35.7 Å². The van der Waals surface area contributed by atoms with Crippen molar-refractivity contribution in [1.29, 1.82) is 0 Å². The lowest BCUT2D eigenvalue weighted by Gasteiger charge is -2.16. The molecule has 7 heteroatoms. The summed E-state index contributed by atoms with van der Waals surface area (Å²) in [6.45, 7) is 3.64. The molecule has 0 saturated carbocycles. The molecule has 1 N–H and O–H groups in total. The number of carbonyl (C=O) groups excluding carboxylic acids is 2. The highest BCUT2D eigenvalue weighted by molar-refractivity contribution is 5.94. The molecule has 3 heterocycles. The maximum absolute atomic E-state index is 15.2. The number of amides is 2. The maximum Gasteiger partial charge on any atom is 0.415 e. The van der Waals surface area contributed by atoms with Gasteiger partial charge in [-0.2, -0.15) is 0 Å². The first-order valence-corrected chi connectivity index (χ1v) is 9.00. The van der Waals surface area contributed by atoms with Crippen LogP contribution in [0.15, 0.2) is 30.5 Å². The summed E-state index contributed by atoms with van der Waals surface area (Å²) in [5, 5.41) is 2.67. The number of carbonyl (C=O) groups is 2. The number of halogens is 1. The van der Waals surface area contributed by atoms with Crippen LogP contribution in [0.2, 0.25) is 0 Å². The Morgan fingerprint density at radius 2 is 2.19 bits per heavy atom. The molecule has 0 spiro atoms. The third-order valence-electron chi connectivity index (χ3n) is 5.15. The highest BCUT2D eigenvalue weighted by Gasteiger charge is 2.48. The minimum Gasteiger partial charge on any atom is -0.442 e. The number of aryl methyl sites for hydroxylation is 1. The third kappa shape index (κ3) is 2.93. The summed E-state index contributed by atoms with van der Waals surface area (Å²) in [5.74, 6) is -0.532. The predicted molar refractivity (Wildman–Crippen MR) is 97.9 cm³/mol. The van der Waals surface area contributed by atoms with E-state index in [4.69, 9.17) is 4.74 Å². The Kier molecular flexibility index (Phi) is 4.30. The number of anilines is 1. The number of pyridine rings is 1. The van der Waals surface area contributed by atoms with E-state index in [0.717, 1.165) is 12.1 Å². The zero-order chi connectivity index (χ0) is 19.1. The van der Waals surface area contributed by atoms with Crippen LogP contribution >= 0.6 is 0 Å². The summed E-state index contributed by atoms with van der Waals surface area (Å²) in [5.41, 5.74) is 3.16. The zero-order valence-electron chi connectivity index (χ0n) is 15.2. The molecular formula is C20H20FN3O3. The molecule has 0 aliphatic carbocycles. The molecule has 4 rings (SSSR count). The second-order valence-electron chi connectivity index (χ2n) is 6.82. The Morgan fingerprint density at radius 3 is 2.85 bits per heavy atom. The Hall–Kier alpha value is -2.96. The summed E-state index contributed by atoms with van der Waals surface area (Å²) in [6, 6.07) is 6.86. The first-order chi connectivity index (χ1) is 13.0. The fourth-order valence-electron chi connectivity index (χ4n) is 3.74. The largest absolute Gasteiger partial charge is 0.442 e. The van der Waals surface area contributed by atoms with Crippen molar-refractivity contribution in [3.63, 3.8) is 0 Å². The molecule has 27 heavy (non-hydrogen) atoms. The van der Waals surface area contributed by atoms with E-state index in [2.05, 4.69) is 10.3 Å². The van der Waals surface area contributed by atoms with Crippen molar-refractivity contribution in [3.05, 3.63) is 47.5 Å². The average Bonchev–Trinajstić information content (AvgIpc) is 3.19. The summed E-state index contributed by atoms with van der Waals surface area (Å²) in [7, 11) is 0. The topological polar surface area (TPSA) is 71.5 Å². The van der Waals surface area contributed by atoms with Crippen LogP contribution in [0.3, 0.4) is 0 Å². The molecule has 2 amide bonds. The second kappa shape index (κ2) is 6.64. The molecular weight excluding hydrogens is 349 g/mol. The molecule has 2 aliphatic rings. The number of hydrogen-bond donors (Lipinski definition) is 1. The van der Waals surface area contributed by atoms with Gasteiger partial charge in [0.25, 0.3) is 0 Å². The minimum atomic E-state index is -0.504. The monoisotopic (exact) mass is 369 g/mol. The lowest BCUT2D eigenvalue weighted by Crippen LogP contribution is -2.40. The molecule has 1 aromatic carbocycles. The highest BCUT2D eigenvalue weighted by Crippen LogP contribution is 2.42. The van der Waals surface area contributed by atoms with Crippen LogP contribution in [0.1, 0.15) is 25.1 Å². The molecule has 1 saturated heterocycles. The van der Waals surface area contributed by atoms with Crippen molar-refractivity contribution in [2.24, 2.45) is 0 Å². The van der Waals surface area contributed by atoms with E-state index in [1.807, 2.05) is 19.1 Å². The van der Waals surface area contributed by atoms with Crippen LogP contribution in [-0.2, 0) is 22.4 Å². The molecule has 1 aromatic heterocycles. The summed E-state index contributed by atoms with van der Waals surface area (Å²) in [4.78, 5) is 29.3. The second-order valence-corrected chi connectivity index (χ2v) is 6.82. The van der Waals surface area contributed by atoms with E-state index < -0.39 is 12.2 Å². The van der Waals surface area contributed by atoms with E-state index in [1.165, 1.54) is 11.8 Å². The first kappa shape index (κ1) is 17.5. The molecule has 2 aliphatic heterocycles. The number of aromatic nitrogens is 1. The molecule has 0 radical (unpaired) electrons. The van der Waals surface area contributed by atoms with Gasteiger partial charge in [-0.05, 0) is 24.6 Å². The van der Waals surface area contributed by atoms with Gasteiger partial charge in [-0.3, -0.25) is 14.7 Å². The molecule has 2 aromatic rings. The molecule has 2 atom stereocenters. The predicted octanol–water partition coefficient (Wildman–Crippen LogP) is 2.84. The minimum absolute atomic E-state index is 0.198. The van der Waals surface area contributed by atoms with E-state index >= 15 is 4.39 Å². The third-order valence-corrected chi connectivity index (χ3v) is 5.15. The fourth-order valence-corrected chi connectivity index (χ4v) is 3.74. The Labute approximate surface area is 156 Å². The van der Waals surface area contributed by atoms with Gasteiger partial charge < -0.3 is 10.1 Å². The average molecular weight is 369 g/mol. The number of fused-ring (bicyclic) bond motifs is 3. The lowest BCUT2D eigenvalue weighted by molar-refractivity contribution is -0.119. The number of nitrogens with one attached hydrogen (secondary N) is 1. The molecule has 1 unspecified atom stereocenters. The smallest absolute Gasteiger partial charge is 0.415 e. The molecule has 6 nitrogen and oxygen atoms in total. The zero-order valence-corrected chi connectivity index (χ0v) is 15.2. The van der Waals surface area contributed by atoms with Gasteiger partial charge in [-0.15, -0.1) is 0 Å². The Morgan fingerprint density at radius 1 is 1.37 bits per heavy atom. The van der Waals surface area contributed by atoms with Crippen LogP contribution in [0.4, 0.5) is 14.9 Å². The standard InChI is InChI=1S/C20H20FN3O3/c1-3-13-5-4-12(9-23-13)14-6-7-16-15(19(14)21)8-17-18(10-22-11(2)25)27-20(26)24(16)17/h4-7,9,17-18H,3,8,10H2,1-2H3,(H,22,25)/t17?,18-/m0/s1. The van der Waals surface area contributed by atoms with Gasteiger partial charge in [-0.1, -0.05) is 13.0 Å². The molecule has 140 valence electrons. The number of benzene rings is 1. The van der Waals surface area contributed by atoms with Crippen molar-refractivity contribution < 1.29 is 18.7 Å². The van der Waals surface area contributed by atoms with Crippen LogP contribution < -0.4 is 10.2 Å². The van der Waals surface area contributed by atoms with E-state index in [9.17, 15) is 9.59 Å². The molecule has 0 bridgehead atoms. The highest BCUT2D eigenvalue weighted by atomic mass is 19.1. The van der Waals surface area contributed by atoms with Crippen molar-refractivity contribution >= 4 is 17.7 Å². The Bertz CT molecular complexity index is 913. The Balaban J connectivity index is 1.65. The number of nitrogens with zero attached hydrogens (tertiary/aromatic N) is 2. The summed E-state index contributed by atoms with van der Waals surface area (Å²) in [6.07, 6.45) is 1.85.